The van der Waals surface area contributed by atoms with Crippen molar-refractivity contribution in [1.82, 2.24) is 4.98 Å². The van der Waals surface area contributed by atoms with E-state index in [2.05, 4.69) is 30.3 Å². The first-order valence-corrected chi connectivity index (χ1v) is 9.74. The molecule has 0 bridgehead atoms. The summed E-state index contributed by atoms with van der Waals surface area (Å²) in [6.45, 7) is 0. The van der Waals surface area contributed by atoms with Crippen LogP contribution in [0.4, 0.5) is 0 Å². The summed E-state index contributed by atoms with van der Waals surface area (Å²) < 4.78 is 0. The molecule has 0 radical (unpaired) electrons. The van der Waals surface area contributed by atoms with E-state index in [1.54, 1.807) is 4.88 Å². The predicted octanol–water partition coefficient (Wildman–Crippen LogP) is 5.89. The van der Waals surface area contributed by atoms with Gasteiger partial charge in [0.05, 0.1) is 5.69 Å². The van der Waals surface area contributed by atoms with Gasteiger partial charge in [0.25, 0.3) is 0 Å². The van der Waals surface area contributed by atoms with E-state index in [0.717, 1.165) is 11.8 Å². The Morgan fingerprint density at radius 1 is 0.909 bits per heavy atom. The number of aromatic nitrogens is 1. The zero-order valence-corrected chi connectivity index (χ0v) is 14.1. The third-order valence-corrected chi connectivity index (χ3v) is 6.78. The Morgan fingerprint density at radius 3 is 2.36 bits per heavy atom. The van der Waals surface area contributed by atoms with E-state index in [0.29, 0.717) is 0 Å². The largest absolute Gasteiger partial charge is 0.241 e. The summed E-state index contributed by atoms with van der Waals surface area (Å²) in [5.41, 5.74) is 2.68. The van der Waals surface area contributed by atoms with Gasteiger partial charge in [0.1, 0.15) is 5.01 Å². The molecule has 2 aliphatic carbocycles. The van der Waals surface area contributed by atoms with Crippen molar-refractivity contribution < 1.29 is 0 Å². The molecule has 0 N–H and O–H groups in total. The molecular formula is C20H25NS. The van der Waals surface area contributed by atoms with Crippen LogP contribution in [0.25, 0.3) is 10.6 Å². The molecule has 0 aliphatic heterocycles. The van der Waals surface area contributed by atoms with Crippen molar-refractivity contribution in [3.63, 3.8) is 0 Å². The molecule has 1 nitrogen and oxygen atoms in total. The highest BCUT2D eigenvalue weighted by Gasteiger charge is 2.23. The second kappa shape index (κ2) is 6.54. The molecule has 0 spiro atoms. The normalized spacial score (nSPS) is 21.9. The quantitative estimate of drug-likeness (QED) is 0.642. The molecule has 1 aromatic heterocycles. The van der Waals surface area contributed by atoms with E-state index in [1.165, 1.54) is 74.1 Å². The number of hydrogen-bond donors (Lipinski definition) is 0. The van der Waals surface area contributed by atoms with Crippen molar-refractivity contribution in [2.75, 3.05) is 0 Å². The van der Waals surface area contributed by atoms with Crippen LogP contribution in [0.3, 0.4) is 0 Å². The van der Waals surface area contributed by atoms with Gasteiger partial charge in [-0.15, -0.1) is 11.3 Å². The number of nitrogens with zero attached hydrogens (tertiary/aromatic N) is 1. The molecular weight excluding hydrogens is 286 g/mol. The Balaban J connectivity index is 1.39. The fraction of sp³-hybridized carbons (Fsp3) is 0.550. The van der Waals surface area contributed by atoms with Crippen molar-refractivity contribution in [2.24, 2.45) is 11.8 Å². The fourth-order valence-corrected chi connectivity index (χ4v) is 4.97. The highest BCUT2D eigenvalue weighted by molar-refractivity contribution is 7.15. The summed E-state index contributed by atoms with van der Waals surface area (Å²) in [6.07, 6.45) is 12.6. The van der Waals surface area contributed by atoms with E-state index < -0.39 is 0 Å². The first-order chi connectivity index (χ1) is 10.9. The van der Waals surface area contributed by atoms with Crippen LogP contribution < -0.4 is 0 Å². The molecule has 1 fully saturated rings. The van der Waals surface area contributed by atoms with E-state index in [-0.39, 0.29) is 0 Å². The Bertz CT molecular complexity index is 586. The molecule has 0 saturated heterocycles. The summed E-state index contributed by atoms with van der Waals surface area (Å²) in [5.74, 6) is 2.02. The number of rotatable bonds is 4. The third kappa shape index (κ3) is 3.12. The average Bonchev–Trinajstić information content (AvgIpc) is 2.83. The minimum atomic E-state index is 0.946. The van der Waals surface area contributed by atoms with Gasteiger partial charge in [-0.05, 0) is 37.5 Å². The van der Waals surface area contributed by atoms with Crippen LogP contribution in [0.15, 0.2) is 30.3 Å². The molecule has 2 aliphatic rings. The molecule has 1 unspecified atom stereocenters. The highest BCUT2D eigenvalue weighted by atomic mass is 32.1. The first kappa shape index (κ1) is 14.4. The van der Waals surface area contributed by atoms with Crippen molar-refractivity contribution in [2.45, 2.75) is 57.8 Å². The first-order valence-electron chi connectivity index (χ1n) is 8.92. The van der Waals surface area contributed by atoms with E-state index in [9.17, 15) is 0 Å². The molecule has 0 amide bonds. The van der Waals surface area contributed by atoms with Gasteiger partial charge in [0.2, 0.25) is 0 Å². The number of thiazole rings is 1. The Labute approximate surface area is 137 Å². The van der Waals surface area contributed by atoms with E-state index >= 15 is 0 Å². The molecule has 116 valence electrons. The minimum Gasteiger partial charge on any atom is -0.241 e. The number of aryl methyl sites for hydroxylation is 2. The Kier molecular flexibility index (Phi) is 4.29. The van der Waals surface area contributed by atoms with Crippen LogP contribution in [0.1, 0.15) is 55.5 Å². The van der Waals surface area contributed by atoms with Crippen LogP contribution in [0.5, 0.6) is 0 Å². The Morgan fingerprint density at radius 2 is 1.64 bits per heavy atom. The highest BCUT2D eigenvalue weighted by Crippen LogP contribution is 2.37. The zero-order valence-electron chi connectivity index (χ0n) is 13.3. The van der Waals surface area contributed by atoms with Crippen LogP contribution in [-0.2, 0) is 12.8 Å². The fourth-order valence-electron chi connectivity index (χ4n) is 3.84. The lowest BCUT2D eigenvalue weighted by Crippen LogP contribution is -2.13. The van der Waals surface area contributed by atoms with Crippen LogP contribution in [0, 0.1) is 11.8 Å². The second-order valence-corrected chi connectivity index (χ2v) is 8.16. The molecule has 1 saturated carbocycles. The number of benzene rings is 1. The minimum absolute atomic E-state index is 0.946. The van der Waals surface area contributed by atoms with Gasteiger partial charge in [0.15, 0.2) is 0 Å². The SMILES string of the molecule is c1ccc(-c2nc3c(s2)CCC(CCC2CCC2)CC3)cc1. The molecule has 2 heteroatoms. The van der Waals surface area contributed by atoms with Crippen molar-refractivity contribution in [3.8, 4) is 10.6 Å². The molecule has 22 heavy (non-hydrogen) atoms. The lowest BCUT2D eigenvalue weighted by Gasteiger charge is -2.27. The molecule has 1 heterocycles. The lowest BCUT2D eigenvalue weighted by atomic mass is 9.79. The molecule has 1 aromatic carbocycles. The molecule has 1 atom stereocenters. The Hall–Kier alpha value is -1.15. The van der Waals surface area contributed by atoms with E-state index in [1.807, 2.05) is 11.3 Å². The summed E-state index contributed by atoms with van der Waals surface area (Å²) in [6, 6.07) is 10.7. The summed E-state index contributed by atoms with van der Waals surface area (Å²) in [5, 5.41) is 1.22. The van der Waals surface area contributed by atoms with Crippen LogP contribution in [-0.4, -0.2) is 4.98 Å². The summed E-state index contributed by atoms with van der Waals surface area (Å²) in [7, 11) is 0. The van der Waals surface area contributed by atoms with Gasteiger partial charge in [-0.2, -0.15) is 0 Å². The number of hydrogen-bond acceptors (Lipinski definition) is 2. The third-order valence-electron chi connectivity index (χ3n) is 5.58. The monoisotopic (exact) mass is 311 g/mol. The smallest absolute Gasteiger partial charge is 0.123 e. The van der Waals surface area contributed by atoms with Gasteiger partial charge in [-0.25, -0.2) is 4.98 Å². The van der Waals surface area contributed by atoms with Gasteiger partial charge < -0.3 is 0 Å². The molecule has 2 aromatic rings. The summed E-state index contributed by atoms with van der Waals surface area (Å²) in [4.78, 5) is 6.52. The van der Waals surface area contributed by atoms with Gasteiger partial charge in [0, 0.05) is 10.4 Å². The van der Waals surface area contributed by atoms with Crippen LogP contribution >= 0.6 is 11.3 Å². The maximum absolute atomic E-state index is 4.96. The predicted molar refractivity (Wildman–Crippen MR) is 94.3 cm³/mol. The van der Waals surface area contributed by atoms with E-state index in [4.69, 9.17) is 4.98 Å². The standard InChI is InChI=1S/C20H25NS/c1-2-7-17(8-3-1)20-21-18-13-11-16(12-14-19(18)22-20)10-9-15-5-4-6-15/h1-3,7-8,15-16H,4-6,9-14H2. The van der Waals surface area contributed by atoms with Crippen molar-refractivity contribution >= 4 is 11.3 Å². The topological polar surface area (TPSA) is 12.9 Å². The molecule has 4 rings (SSSR count). The van der Waals surface area contributed by atoms with Crippen molar-refractivity contribution in [3.05, 3.63) is 40.9 Å². The average molecular weight is 311 g/mol. The maximum atomic E-state index is 4.96. The van der Waals surface area contributed by atoms with Crippen molar-refractivity contribution in [1.29, 1.82) is 0 Å². The van der Waals surface area contributed by atoms with Gasteiger partial charge >= 0.3 is 0 Å². The second-order valence-electron chi connectivity index (χ2n) is 7.07. The maximum Gasteiger partial charge on any atom is 0.123 e. The van der Waals surface area contributed by atoms with Gasteiger partial charge in [-0.1, -0.05) is 62.4 Å². The van der Waals surface area contributed by atoms with Gasteiger partial charge in [-0.3, -0.25) is 0 Å². The zero-order chi connectivity index (χ0) is 14.8. The lowest BCUT2D eigenvalue weighted by molar-refractivity contribution is 0.262. The summed E-state index contributed by atoms with van der Waals surface area (Å²) >= 11 is 1.93. The van der Waals surface area contributed by atoms with Crippen LogP contribution in [0.2, 0.25) is 0 Å². The number of fused-ring (bicyclic) bond motifs is 1.